The molecule has 1 aromatic carbocycles. The van der Waals surface area contributed by atoms with Gasteiger partial charge in [-0.25, -0.2) is 0 Å². The van der Waals surface area contributed by atoms with Crippen LogP contribution < -0.4 is 10.5 Å². The van der Waals surface area contributed by atoms with Gasteiger partial charge in [-0.1, -0.05) is 13.8 Å². The summed E-state index contributed by atoms with van der Waals surface area (Å²) in [5.74, 6) is 1.35. The average Bonchev–Trinajstić information content (AvgIpc) is 3.13. The van der Waals surface area contributed by atoms with E-state index in [1.54, 1.807) is 7.11 Å². The molecule has 3 rings (SSSR count). The van der Waals surface area contributed by atoms with Crippen molar-refractivity contribution >= 4 is 10.9 Å². The van der Waals surface area contributed by atoms with Crippen LogP contribution in [0.4, 0.5) is 0 Å². The first-order valence-electron chi connectivity index (χ1n) is 7.94. The van der Waals surface area contributed by atoms with Crippen LogP contribution in [0.2, 0.25) is 0 Å². The molecular weight excluding hydrogens is 288 g/mol. The van der Waals surface area contributed by atoms with Crippen molar-refractivity contribution in [3.05, 3.63) is 47.4 Å². The number of nitrogens with one attached hydrogen (secondary N) is 1. The summed E-state index contributed by atoms with van der Waals surface area (Å²) in [6, 6.07) is 8.22. The Morgan fingerprint density at radius 1 is 1.30 bits per heavy atom. The van der Waals surface area contributed by atoms with Crippen LogP contribution in [-0.2, 0) is 7.05 Å². The number of benzene rings is 1. The van der Waals surface area contributed by atoms with Crippen LogP contribution in [-0.4, -0.2) is 28.4 Å². The van der Waals surface area contributed by atoms with Crippen LogP contribution in [0.1, 0.15) is 42.6 Å². The van der Waals surface area contributed by atoms with Crippen molar-refractivity contribution in [1.82, 2.24) is 14.8 Å². The Hall–Kier alpha value is -2.27. The van der Waals surface area contributed by atoms with E-state index in [1.165, 1.54) is 5.56 Å². The SMILES string of the molecule is COc1ccc2[nH]cc(C(CN)c3cc(C(C)C)nn3C)c2c1. The molecule has 0 fully saturated rings. The van der Waals surface area contributed by atoms with E-state index in [0.29, 0.717) is 12.5 Å². The lowest BCUT2D eigenvalue weighted by Crippen LogP contribution is -2.16. The molecule has 0 saturated heterocycles. The molecule has 1 unspecified atom stereocenters. The van der Waals surface area contributed by atoms with Crippen LogP contribution in [0.3, 0.4) is 0 Å². The number of aromatic nitrogens is 3. The topological polar surface area (TPSA) is 68.9 Å². The molecule has 122 valence electrons. The highest BCUT2D eigenvalue weighted by Gasteiger charge is 2.21. The zero-order valence-corrected chi connectivity index (χ0v) is 14.1. The molecule has 0 radical (unpaired) electrons. The number of nitrogens with zero attached hydrogens (tertiary/aromatic N) is 2. The van der Waals surface area contributed by atoms with Crippen molar-refractivity contribution in [1.29, 1.82) is 0 Å². The predicted molar refractivity (Wildman–Crippen MR) is 93.0 cm³/mol. The van der Waals surface area contributed by atoms with Crippen LogP contribution in [0.5, 0.6) is 5.75 Å². The number of nitrogens with two attached hydrogens (primary N) is 1. The highest BCUT2D eigenvalue weighted by atomic mass is 16.5. The molecule has 0 amide bonds. The number of hydrogen-bond donors (Lipinski definition) is 2. The Bertz CT molecular complexity index is 816. The summed E-state index contributed by atoms with van der Waals surface area (Å²) in [7, 11) is 3.67. The van der Waals surface area contributed by atoms with Gasteiger partial charge in [0.2, 0.25) is 0 Å². The first-order chi connectivity index (χ1) is 11.0. The fourth-order valence-corrected chi connectivity index (χ4v) is 3.06. The van der Waals surface area contributed by atoms with E-state index >= 15 is 0 Å². The van der Waals surface area contributed by atoms with E-state index in [1.807, 2.05) is 30.1 Å². The fourth-order valence-electron chi connectivity index (χ4n) is 3.06. The van der Waals surface area contributed by atoms with Crippen molar-refractivity contribution in [2.24, 2.45) is 12.8 Å². The van der Waals surface area contributed by atoms with Gasteiger partial charge >= 0.3 is 0 Å². The first kappa shape index (κ1) is 15.6. The average molecular weight is 312 g/mol. The summed E-state index contributed by atoms with van der Waals surface area (Å²) >= 11 is 0. The Morgan fingerprint density at radius 2 is 2.09 bits per heavy atom. The van der Waals surface area contributed by atoms with Crippen LogP contribution in [0, 0.1) is 0 Å². The van der Waals surface area contributed by atoms with Crippen molar-refractivity contribution < 1.29 is 4.74 Å². The molecule has 2 aromatic heterocycles. The summed E-state index contributed by atoms with van der Waals surface area (Å²) < 4.78 is 7.31. The van der Waals surface area contributed by atoms with Crippen molar-refractivity contribution in [3.63, 3.8) is 0 Å². The van der Waals surface area contributed by atoms with Gasteiger partial charge in [-0.2, -0.15) is 5.10 Å². The zero-order valence-electron chi connectivity index (χ0n) is 14.1. The standard InChI is InChI=1S/C18H24N4O/c1-11(2)17-8-18(22(3)21-17)14(9-19)15-10-20-16-6-5-12(23-4)7-13(15)16/h5-8,10-11,14,20H,9,19H2,1-4H3. The third kappa shape index (κ3) is 2.72. The Morgan fingerprint density at radius 3 is 2.70 bits per heavy atom. The van der Waals surface area contributed by atoms with Crippen LogP contribution >= 0.6 is 0 Å². The van der Waals surface area contributed by atoms with Crippen molar-refractivity contribution in [2.75, 3.05) is 13.7 Å². The summed E-state index contributed by atoms with van der Waals surface area (Å²) in [5.41, 5.74) is 10.6. The summed E-state index contributed by atoms with van der Waals surface area (Å²) in [6.45, 7) is 4.83. The number of methoxy groups -OCH3 is 1. The second kappa shape index (κ2) is 6.08. The second-order valence-corrected chi connectivity index (χ2v) is 6.22. The van der Waals surface area contributed by atoms with E-state index < -0.39 is 0 Å². The maximum Gasteiger partial charge on any atom is 0.119 e. The molecule has 0 aliphatic heterocycles. The van der Waals surface area contributed by atoms with E-state index in [4.69, 9.17) is 10.5 Å². The number of rotatable bonds is 5. The van der Waals surface area contributed by atoms with Gasteiger partial charge in [0.05, 0.1) is 12.8 Å². The number of hydrogen-bond acceptors (Lipinski definition) is 3. The zero-order chi connectivity index (χ0) is 16.6. The van der Waals surface area contributed by atoms with Gasteiger partial charge in [0, 0.05) is 42.3 Å². The van der Waals surface area contributed by atoms with Crippen molar-refractivity contribution in [3.8, 4) is 5.75 Å². The van der Waals surface area contributed by atoms with Gasteiger partial charge in [-0.15, -0.1) is 0 Å². The molecule has 0 bridgehead atoms. The summed E-state index contributed by atoms with van der Waals surface area (Å²) in [6.07, 6.45) is 2.05. The van der Waals surface area contributed by atoms with E-state index in [-0.39, 0.29) is 5.92 Å². The molecule has 5 heteroatoms. The third-order valence-electron chi connectivity index (χ3n) is 4.42. The molecular formula is C18H24N4O. The number of aryl methyl sites for hydroxylation is 1. The lowest BCUT2D eigenvalue weighted by molar-refractivity contribution is 0.415. The quantitative estimate of drug-likeness (QED) is 0.760. The van der Waals surface area contributed by atoms with Crippen molar-refractivity contribution in [2.45, 2.75) is 25.7 Å². The van der Waals surface area contributed by atoms with Gasteiger partial charge in [-0.3, -0.25) is 4.68 Å². The minimum atomic E-state index is 0.0980. The number of H-pyrrole nitrogens is 1. The molecule has 3 N–H and O–H groups in total. The largest absolute Gasteiger partial charge is 0.497 e. The summed E-state index contributed by atoms with van der Waals surface area (Å²) in [5, 5.41) is 5.77. The van der Waals surface area contributed by atoms with Gasteiger partial charge < -0.3 is 15.5 Å². The van der Waals surface area contributed by atoms with Gasteiger partial charge in [0.15, 0.2) is 0 Å². The maximum atomic E-state index is 6.13. The molecule has 0 spiro atoms. The highest BCUT2D eigenvalue weighted by Crippen LogP contribution is 2.33. The lowest BCUT2D eigenvalue weighted by Gasteiger charge is -2.15. The normalized spacial score (nSPS) is 13.0. The van der Waals surface area contributed by atoms with Crippen LogP contribution in [0.25, 0.3) is 10.9 Å². The number of ether oxygens (including phenoxy) is 1. The number of aromatic amines is 1. The predicted octanol–water partition coefficient (Wildman–Crippen LogP) is 3.12. The van der Waals surface area contributed by atoms with Gasteiger partial charge in [0.1, 0.15) is 5.75 Å². The first-order valence-corrected chi connectivity index (χ1v) is 7.94. The molecule has 5 nitrogen and oxygen atoms in total. The van der Waals surface area contributed by atoms with E-state index in [0.717, 1.165) is 28.0 Å². The minimum Gasteiger partial charge on any atom is -0.497 e. The molecule has 23 heavy (non-hydrogen) atoms. The minimum absolute atomic E-state index is 0.0980. The summed E-state index contributed by atoms with van der Waals surface area (Å²) in [4.78, 5) is 3.33. The molecule has 1 atom stereocenters. The fraction of sp³-hybridized carbons (Fsp3) is 0.389. The highest BCUT2D eigenvalue weighted by molar-refractivity contribution is 5.85. The maximum absolute atomic E-state index is 6.13. The molecule has 2 heterocycles. The van der Waals surface area contributed by atoms with E-state index in [9.17, 15) is 0 Å². The van der Waals surface area contributed by atoms with Gasteiger partial charge in [-0.05, 0) is 35.7 Å². The molecule has 3 aromatic rings. The number of fused-ring (bicyclic) bond motifs is 1. The third-order valence-corrected chi connectivity index (χ3v) is 4.42. The Kier molecular flexibility index (Phi) is 4.13. The Balaban J connectivity index is 2.11. The lowest BCUT2D eigenvalue weighted by atomic mass is 9.94. The van der Waals surface area contributed by atoms with Gasteiger partial charge in [0.25, 0.3) is 0 Å². The monoisotopic (exact) mass is 312 g/mol. The second-order valence-electron chi connectivity index (χ2n) is 6.22. The van der Waals surface area contributed by atoms with E-state index in [2.05, 4.69) is 36.1 Å². The molecule has 0 aliphatic rings. The molecule has 0 saturated carbocycles. The molecule has 0 aliphatic carbocycles. The van der Waals surface area contributed by atoms with Crippen LogP contribution in [0.15, 0.2) is 30.5 Å². The smallest absolute Gasteiger partial charge is 0.119 e. The Labute approximate surface area is 136 Å².